The molecule has 1 aromatic carbocycles. The van der Waals surface area contributed by atoms with E-state index in [0.29, 0.717) is 25.0 Å². The summed E-state index contributed by atoms with van der Waals surface area (Å²) in [6.07, 6.45) is 2.34. The largest absolute Gasteiger partial charge is 0.444 e. The molecule has 0 unspecified atom stereocenters. The topological polar surface area (TPSA) is 85.6 Å². The molecule has 0 saturated carbocycles. The first-order chi connectivity index (χ1) is 11.7. The van der Waals surface area contributed by atoms with Crippen LogP contribution in [0.1, 0.15) is 32.2 Å². The van der Waals surface area contributed by atoms with Gasteiger partial charge in [0.2, 0.25) is 0 Å². The number of nitrogens with zero attached hydrogens (tertiary/aromatic N) is 3. The average Bonchev–Trinajstić information content (AvgIpc) is 2.96. The van der Waals surface area contributed by atoms with Gasteiger partial charge in [0.15, 0.2) is 0 Å². The Morgan fingerprint density at radius 2 is 2.16 bits per heavy atom. The summed E-state index contributed by atoms with van der Waals surface area (Å²) in [4.78, 5) is 28.7. The Morgan fingerprint density at radius 1 is 1.40 bits per heavy atom. The molecule has 1 amide bonds. The molecule has 0 saturated heterocycles. The van der Waals surface area contributed by atoms with Crippen molar-refractivity contribution in [3.8, 4) is 0 Å². The summed E-state index contributed by atoms with van der Waals surface area (Å²) in [5, 5.41) is 11.7. The lowest BCUT2D eigenvalue weighted by molar-refractivity contribution is -0.384. The van der Waals surface area contributed by atoms with E-state index in [1.807, 2.05) is 26.8 Å². The smallest absolute Gasteiger partial charge is 0.410 e. The van der Waals surface area contributed by atoms with Crippen LogP contribution in [-0.4, -0.2) is 39.6 Å². The highest BCUT2D eigenvalue weighted by Gasteiger charge is 2.24. The first-order valence-corrected chi connectivity index (χ1v) is 8.77. The fourth-order valence-electron chi connectivity index (χ4n) is 2.52. The monoisotopic (exact) mass is 361 g/mol. The standard InChI is InChI=1S/C17H19N3O4S/c1-17(2,3)24-16(21)19-8-6-11(7-9-19)15-18-13-10-12(20(22)23)4-5-14(13)25-15/h4-6,10H,7-9H2,1-3H3. The van der Waals surface area contributed by atoms with Gasteiger partial charge in [-0.15, -0.1) is 11.3 Å². The molecule has 1 aliphatic rings. The predicted molar refractivity (Wildman–Crippen MR) is 96.7 cm³/mol. The number of fused-ring (bicyclic) bond motifs is 1. The van der Waals surface area contributed by atoms with E-state index in [1.165, 1.54) is 23.5 Å². The second-order valence-electron chi connectivity index (χ2n) is 6.83. The van der Waals surface area contributed by atoms with E-state index < -0.39 is 10.5 Å². The molecule has 0 radical (unpaired) electrons. The van der Waals surface area contributed by atoms with Crippen LogP contribution in [0.25, 0.3) is 15.8 Å². The van der Waals surface area contributed by atoms with E-state index in [1.54, 1.807) is 11.0 Å². The Labute approximate surface area is 149 Å². The molecule has 7 nitrogen and oxygen atoms in total. The van der Waals surface area contributed by atoms with E-state index in [-0.39, 0.29) is 11.8 Å². The highest BCUT2D eigenvalue weighted by Crippen LogP contribution is 2.32. The van der Waals surface area contributed by atoms with Crippen molar-refractivity contribution >= 4 is 38.9 Å². The Bertz CT molecular complexity index is 866. The summed E-state index contributed by atoms with van der Waals surface area (Å²) in [5.41, 5.74) is 1.22. The second-order valence-corrected chi connectivity index (χ2v) is 7.86. The molecular formula is C17H19N3O4S. The first-order valence-electron chi connectivity index (χ1n) is 7.95. The fraction of sp³-hybridized carbons (Fsp3) is 0.412. The quantitative estimate of drug-likeness (QED) is 0.590. The van der Waals surface area contributed by atoms with E-state index >= 15 is 0 Å². The number of non-ortho nitro benzene ring substituents is 1. The number of nitro groups is 1. The third-order valence-electron chi connectivity index (χ3n) is 3.72. The van der Waals surface area contributed by atoms with Crippen LogP contribution in [0.4, 0.5) is 10.5 Å². The van der Waals surface area contributed by atoms with Crippen LogP contribution in [-0.2, 0) is 4.74 Å². The summed E-state index contributed by atoms with van der Waals surface area (Å²) in [7, 11) is 0. The number of carbonyl (C=O) groups is 1. The van der Waals surface area contributed by atoms with E-state index in [9.17, 15) is 14.9 Å². The number of carbonyl (C=O) groups excluding carboxylic acids is 1. The van der Waals surface area contributed by atoms with E-state index in [4.69, 9.17) is 4.74 Å². The van der Waals surface area contributed by atoms with Gasteiger partial charge in [0.05, 0.1) is 15.1 Å². The SMILES string of the molecule is CC(C)(C)OC(=O)N1CC=C(c2nc3cc([N+](=O)[O-])ccc3s2)CC1. The number of hydrogen-bond acceptors (Lipinski definition) is 6. The molecule has 0 aliphatic carbocycles. The summed E-state index contributed by atoms with van der Waals surface area (Å²) in [6.45, 7) is 6.57. The minimum atomic E-state index is -0.511. The Hall–Kier alpha value is -2.48. The third kappa shape index (κ3) is 3.96. The van der Waals surface area contributed by atoms with Crippen molar-refractivity contribution in [2.24, 2.45) is 0 Å². The number of aromatic nitrogens is 1. The van der Waals surface area contributed by atoms with Gasteiger partial charge in [-0.2, -0.15) is 0 Å². The van der Waals surface area contributed by atoms with Crippen molar-refractivity contribution < 1.29 is 14.5 Å². The number of benzene rings is 1. The van der Waals surface area contributed by atoms with E-state index in [0.717, 1.165) is 15.3 Å². The van der Waals surface area contributed by atoms with Crippen LogP contribution in [0.3, 0.4) is 0 Å². The van der Waals surface area contributed by atoms with Gasteiger partial charge < -0.3 is 9.64 Å². The van der Waals surface area contributed by atoms with Crippen LogP contribution in [0.2, 0.25) is 0 Å². The molecule has 0 fully saturated rings. The van der Waals surface area contributed by atoms with E-state index in [2.05, 4.69) is 4.98 Å². The van der Waals surface area contributed by atoms with Gasteiger partial charge in [0, 0.05) is 25.2 Å². The molecule has 0 spiro atoms. The van der Waals surface area contributed by atoms with Gasteiger partial charge in [0.1, 0.15) is 10.6 Å². The lowest BCUT2D eigenvalue weighted by atomic mass is 10.1. The van der Waals surface area contributed by atoms with Gasteiger partial charge in [-0.05, 0) is 38.8 Å². The Morgan fingerprint density at radius 3 is 2.76 bits per heavy atom. The molecule has 2 heterocycles. The van der Waals surface area contributed by atoms with Gasteiger partial charge >= 0.3 is 6.09 Å². The fourth-order valence-corrected chi connectivity index (χ4v) is 3.54. The Kier molecular flexibility index (Phi) is 4.47. The van der Waals surface area contributed by atoms with Crippen molar-refractivity contribution in [1.29, 1.82) is 0 Å². The molecule has 0 bridgehead atoms. The van der Waals surface area contributed by atoms with Gasteiger partial charge in [-0.1, -0.05) is 6.08 Å². The second kappa shape index (κ2) is 6.44. The summed E-state index contributed by atoms with van der Waals surface area (Å²) >= 11 is 1.51. The van der Waals surface area contributed by atoms with Crippen LogP contribution in [0, 0.1) is 10.1 Å². The summed E-state index contributed by atoms with van der Waals surface area (Å²) in [6, 6.07) is 4.71. The molecule has 2 aromatic rings. The number of ether oxygens (including phenoxy) is 1. The minimum Gasteiger partial charge on any atom is -0.444 e. The van der Waals surface area contributed by atoms with Crippen LogP contribution < -0.4 is 0 Å². The summed E-state index contributed by atoms with van der Waals surface area (Å²) in [5.74, 6) is 0. The zero-order valence-electron chi connectivity index (χ0n) is 14.3. The molecule has 8 heteroatoms. The normalized spacial score (nSPS) is 15.2. The molecule has 0 atom stereocenters. The molecule has 3 rings (SSSR count). The van der Waals surface area contributed by atoms with Crippen molar-refractivity contribution in [2.45, 2.75) is 32.8 Å². The molecular weight excluding hydrogens is 342 g/mol. The van der Waals surface area contributed by atoms with Crippen molar-refractivity contribution in [3.05, 3.63) is 39.4 Å². The van der Waals surface area contributed by atoms with Gasteiger partial charge in [0.25, 0.3) is 5.69 Å². The van der Waals surface area contributed by atoms with Crippen molar-refractivity contribution in [3.63, 3.8) is 0 Å². The number of thiazole rings is 1. The van der Waals surface area contributed by atoms with Gasteiger partial charge in [-0.25, -0.2) is 9.78 Å². The first kappa shape index (κ1) is 17.3. The predicted octanol–water partition coefficient (Wildman–Crippen LogP) is 4.23. The summed E-state index contributed by atoms with van der Waals surface area (Å²) < 4.78 is 6.30. The molecule has 1 aromatic heterocycles. The lowest BCUT2D eigenvalue weighted by Gasteiger charge is -2.29. The number of rotatable bonds is 2. The number of amides is 1. The maximum Gasteiger partial charge on any atom is 0.410 e. The average molecular weight is 361 g/mol. The molecule has 0 N–H and O–H groups in total. The highest BCUT2D eigenvalue weighted by molar-refractivity contribution is 7.19. The maximum absolute atomic E-state index is 12.1. The van der Waals surface area contributed by atoms with Gasteiger partial charge in [-0.3, -0.25) is 10.1 Å². The number of nitro benzene ring substituents is 1. The van der Waals surface area contributed by atoms with Crippen LogP contribution in [0.5, 0.6) is 0 Å². The zero-order chi connectivity index (χ0) is 18.2. The zero-order valence-corrected chi connectivity index (χ0v) is 15.1. The van der Waals surface area contributed by atoms with Crippen LogP contribution >= 0.6 is 11.3 Å². The highest BCUT2D eigenvalue weighted by atomic mass is 32.1. The Balaban J connectivity index is 1.76. The van der Waals surface area contributed by atoms with Crippen molar-refractivity contribution in [1.82, 2.24) is 9.88 Å². The molecule has 25 heavy (non-hydrogen) atoms. The minimum absolute atomic E-state index is 0.0399. The maximum atomic E-state index is 12.1. The lowest BCUT2D eigenvalue weighted by Crippen LogP contribution is -2.39. The number of hydrogen-bond donors (Lipinski definition) is 0. The third-order valence-corrected chi connectivity index (χ3v) is 4.83. The molecule has 132 valence electrons. The van der Waals surface area contributed by atoms with Crippen molar-refractivity contribution in [2.75, 3.05) is 13.1 Å². The molecule has 1 aliphatic heterocycles. The van der Waals surface area contributed by atoms with Crippen LogP contribution in [0.15, 0.2) is 24.3 Å².